The lowest BCUT2D eigenvalue weighted by Gasteiger charge is -2.37. The molecule has 170 valence electrons. The van der Waals surface area contributed by atoms with Crippen LogP contribution in [-0.2, 0) is 14.3 Å². The molecule has 0 aromatic heterocycles. The van der Waals surface area contributed by atoms with Crippen LogP contribution in [0.4, 0.5) is 26.3 Å². The Balaban J connectivity index is 2.82. The topological polar surface area (TPSA) is 55.8 Å². The van der Waals surface area contributed by atoms with E-state index in [1.165, 1.54) is 13.8 Å². The molecular weight excluding hydrogens is 406 g/mol. The van der Waals surface area contributed by atoms with Gasteiger partial charge in [-0.05, 0) is 52.4 Å². The highest BCUT2D eigenvalue weighted by atomic mass is 19.4. The van der Waals surface area contributed by atoms with Gasteiger partial charge in [-0.1, -0.05) is 19.4 Å². The number of esters is 1. The van der Waals surface area contributed by atoms with Crippen LogP contribution < -0.4 is 0 Å². The van der Waals surface area contributed by atoms with E-state index in [0.717, 1.165) is 0 Å². The molecule has 0 spiro atoms. The Morgan fingerprint density at radius 3 is 2.07 bits per heavy atom. The molecule has 1 fully saturated rings. The summed E-state index contributed by atoms with van der Waals surface area (Å²) in [7, 11) is 0. The minimum atomic E-state index is -5.92. The molecule has 4 nitrogen and oxygen atoms in total. The van der Waals surface area contributed by atoms with Gasteiger partial charge in [0.15, 0.2) is 0 Å². The van der Waals surface area contributed by atoms with Crippen LogP contribution in [0.1, 0.15) is 65.2 Å². The zero-order chi connectivity index (χ0) is 22.5. The second-order valence-electron chi connectivity index (χ2n) is 7.89. The molecule has 1 saturated carbocycles. The van der Waals surface area contributed by atoms with Gasteiger partial charge in [-0.15, -0.1) is 0 Å². The van der Waals surface area contributed by atoms with Crippen LogP contribution in [0, 0.1) is 0 Å². The normalized spacial score (nSPS) is 25.3. The summed E-state index contributed by atoms with van der Waals surface area (Å²) in [6.07, 6.45) is -8.53. The highest BCUT2D eigenvalue weighted by Gasteiger charge is 2.71. The molecule has 0 saturated heterocycles. The average molecular weight is 434 g/mol. The van der Waals surface area contributed by atoms with E-state index in [1.807, 2.05) is 0 Å². The smallest absolute Gasteiger partial charge is 0.428 e. The lowest BCUT2D eigenvalue weighted by molar-refractivity contribution is -0.382. The second kappa shape index (κ2) is 9.68. The van der Waals surface area contributed by atoms with Gasteiger partial charge >= 0.3 is 18.3 Å². The largest absolute Gasteiger partial charge is 0.459 e. The van der Waals surface area contributed by atoms with E-state index >= 15 is 0 Å². The highest BCUT2D eigenvalue weighted by Crippen LogP contribution is 2.44. The Kier molecular flexibility index (Phi) is 8.59. The number of carbonyl (C=O) groups is 1. The summed E-state index contributed by atoms with van der Waals surface area (Å²) < 4.78 is 87.7. The van der Waals surface area contributed by atoms with Gasteiger partial charge in [-0.2, -0.15) is 26.3 Å². The molecule has 0 aliphatic heterocycles. The van der Waals surface area contributed by atoms with Crippen molar-refractivity contribution >= 4 is 5.97 Å². The maximum absolute atomic E-state index is 12.9. The SMILES string of the molecule is C=C(C)C(=O)OC1CCCCCC(C)(OCC(O)(C(F)(F)F)C(F)(F)F)CCC1. The molecule has 0 aromatic carbocycles. The van der Waals surface area contributed by atoms with Gasteiger partial charge in [0.1, 0.15) is 6.10 Å². The van der Waals surface area contributed by atoms with Crippen LogP contribution >= 0.6 is 0 Å². The van der Waals surface area contributed by atoms with Crippen molar-refractivity contribution in [1.29, 1.82) is 0 Å². The molecule has 0 heterocycles. The monoisotopic (exact) mass is 434 g/mol. The Morgan fingerprint density at radius 2 is 1.55 bits per heavy atom. The van der Waals surface area contributed by atoms with Crippen molar-refractivity contribution in [2.24, 2.45) is 0 Å². The van der Waals surface area contributed by atoms with Crippen molar-refractivity contribution in [1.82, 2.24) is 0 Å². The quantitative estimate of drug-likeness (QED) is 0.365. The third kappa shape index (κ3) is 7.16. The number of hydrogen-bond acceptors (Lipinski definition) is 4. The van der Waals surface area contributed by atoms with Crippen molar-refractivity contribution in [3.8, 4) is 0 Å². The van der Waals surface area contributed by atoms with E-state index in [9.17, 15) is 36.2 Å². The van der Waals surface area contributed by atoms with Crippen LogP contribution in [0.15, 0.2) is 12.2 Å². The summed E-state index contributed by atoms with van der Waals surface area (Å²) in [6, 6.07) is 0. The number of alkyl halides is 6. The van der Waals surface area contributed by atoms with Gasteiger partial charge < -0.3 is 14.6 Å². The summed E-state index contributed by atoms with van der Waals surface area (Å²) in [5.41, 5.74) is -5.96. The summed E-state index contributed by atoms with van der Waals surface area (Å²) in [6.45, 7) is 4.53. The number of carbonyl (C=O) groups excluding carboxylic acids is 1. The van der Waals surface area contributed by atoms with Gasteiger partial charge in [0, 0.05) is 5.57 Å². The predicted octanol–water partition coefficient (Wildman–Crippen LogP) is 5.24. The van der Waals surface area contributed by atoms with Crippen LogP contribution in [-0.4, -0.2) is 47.3 Å². The maximum Gasteiger partial charge on any atom is 0.428 e. The average Bonchev–Trinajstić information content (AvgIpc) is 2.57. The minimum absolute atomic E-state index is 0.167. The zero-order valence-electron chi connectivity index (χ0n) is 16.6. The predicted molar refractivity (Wildman–Crippen MR) is 93.0 cm³/mol. The van der Waals surface area contributed by atoms with Crippen LogP contribution in [0.3, 0.4) is 0 Å². The van der Waals surface area contributed by atoms with Gasteiger partial charge in [-0.3, -0.25) is 0 Å². The first-order chi connectivity index (χ1) is 13.1. The Labute approximate surface area is 166 Å². The zero-order valence-corrected chi connectivity index (χ0v) is 16.6. The molecule has 2 atom stereocenters. The molecule has 0 amide bonds. The van der Waals surface area contributed by atoms with E-state index in [0.29, 0.717) is 38.5 Å². The Bertz CT molecular complexity index is 558. The van der Waals surface area contributed by atoms with E-state index in [4.69, 9.17) is 9.47 Å². The standard InChI is InChI=1S/C19H28F6O4/c1-13(2)15(26)29-14-8-5-4-6-10-16(3,11-7-9-14)28-12-17(27,18(20,21)22)19(23,24)25/h14,27H,1,4-12H2,2-3H3. The van der Waals surface area contributed by atoms with Gasteiger partial charge in [0.2, 0.25) is 0 Å². The summed E-state index contributed by atoms with van der Waals surface area (Å²) in [4.78, 5) is 11.7. The molecule has 1 rings (SSSR count). The molecule has 0 bridgehead atoms. The molecule has 0 aromatic rings. The van der Waals surface area contributed by atoms with Gasteiger partial charge in [-0.25, -0.2) is 4.79 Å². The van der Waals surface area contributed by atoms with Crippen molar-refractivity contribution in [3.63, 3.8) is 0 Å². The van der Waals surface area contributed by atoms with Crippen molar-refractivity contribution in [2.75, 3.05) is 6.61 Å². The first kappa shape index (κ1) is 25.7. The van der Waals surface area contributed by atoms with Crippen LogP contribution in [0.25, 0.3) is 0 Å². The van der Waals surface area contributed by atoms with E-state index in [2.05, 4.69) is 6.58 Å². The molecule has 29 heavy (non-hydrogen) atoms. The number of aliphatic hydroxyl groups is 1. The van der Waals surface area contributed by atoms with Gasteiger partial charge in [0.25, 0.3) is 5.60 Å². The maximum atomic E-state index is 12.9. The Morgan fingerprint density at radius 1 is 1.03 bits per heavy atom. The number of ether oxygens (including phenoxy) is 2. The fourth-order valence-corrected chi connectivity index (χ4v) is 3.14. The van der Waals surface area contributed by atoms with E-state index in [-0.39, 0.29) is 18.4 Å². The lowest BCUT2D eigenvalue weighted by atomic mass is 9.88. The molecule has 1 N–H and O–H groups in total. The molecular formula is C19H28F6O4. The molecule has 0 radical (unpaired) electrons. The molecule has 2 unspecified atom stereocenters. The fraction of sp³-hybridized carbons (Fsp3) is 0.842. The van der Waals surface area contributed by atoms with Crippen molar-refractivity contribution < 1.29 is 45.7 Å². The first-order valence-electron chi connectivity index (χ1n) is 9.47. The third-order valence-corrected chi connectivity index (χ3v) is 5.15. The van der Waals surface area contributed by atoms with Crippen LogP contribution in [0.5, 0.6) is 0 Å². The summed E-state index contributed by atoms with van der Waals surface area (Å²) in [5.74, 6) is -0.536. The summed E-state index contributed by atoms with van der Waals surface area (Å²) >= 11 is 0. The van der Waals surface area contributed by atoms with E-state index in [1.54, 1.807) is 0 Å². The van der Waals surface area contributed by atoms with E-state index < -0.39 is 42.2 Å². The highest BCUT2D eigenvalue weighted by molar-refractivity contribution is 5.87. The van der Waals surface area contributed by atoms with Crippen LogP contribution in [0.2, 0.25) is 0 Å². The second-order valence-corrected chi connectivity index (χ2v) is 7.89. The number of rotatable bonds is 5. The minimum Gasteiger partial charge on any atom is -0.459 e. The summed E-state index contributed by atoms with van der Waals surface area (Å²) in [5, 5.41) is 9.31. The van der Waals surface area contributed by atoms with Gasteiger partial charge in [0.05, 0.1) is 12.2 Å². The molecule has 10 heteroatoms. The number of halogens is 6. The first-order valence-corrected chi connectivity index (χ1v) is 9.47. The Hall–Kier alpha value is -1.29. The molecule has 1 aliphatic rings. The number of hydrogen-bond donors (Lipinski definition) is 1. The lowest BCUT2D eigenvalue weighted by Crippen LogP contribution is -2.61. The molecule has 1 aliphatic carbocycles. The fourth-order valence-electron chi connectivity index (χ4n) is 3.14. The van der Waals surface area contributed by atoms with Crippen molar-refractivity contribution in [2.45, 2.75) is 94.9 Å². The third-order valence-electron chi connectivity index (χ3n) is 5.15. The van der Waals surface area contributed by atoms with Crippen molar-refractivity contribution in [3.05, 3.63) is 12.2 Å².